The van der Waals surface area contributed by atoms with E-state index in [0.29, 0.717) is 0 Å². The minimum absolute atomic E-state index is 1.04. The first-order chi connectivity index (χ1) is 9.20. The van der Waals surface area contributed by atoms with Crippen LogP contribution in [0.5, 0.6) is 0 Å². The van der Waals surface area contributed by atoms with Gasteiger partial charge in [0.1, 0.15) is 0 Å². The van der Waals surface area contributed by atoms with Crippen LogP contribution in [0.1, 0.15) is 34.2 Å². The van der Waals surface area contributed by atoms with Crippen LogP contribution in [-0.4, -0.2) is 6.54 Å². The molecule has 98 valence electrons. The zero-order valence-electron chi connectivity index (χ0n) is 11.8. The van der Waals surface area contributed by atoms with Gasteiger partial charge in [-0.15, -0.1) is 0 Å². The third-order valence-electron chi connectivity index (χ3n) is 3.80. The lowest BCUT2D eigenvalue weighted by atomic mass is 9.96. The van der Waals surface area contributed by atoms with E-state index in [4.69, 9.17) is 0 Å². The Bertz CT molecular complexity index is 578. The van der Waals surface area contributed by atoms with Gasteiger partial charge in [0.15, 0.2) is 0 Å². The first-order valence-electron chi connectivity index (χ1n) is 7.13. The minimum Gasteiger partial charge on any atom is -0.385 e. The molecule has 0 spiro atoms. The third-order valence-corrected chi connectivity index (χ3v) is 3.80. The summed E-state index contributed by atoms with van der Waals surface area (Å²) in [6.45, 7) is 5.46. The van der Waals surface area contributed by atoms with E-state index in [0.717, 1.165) is 13.0 Å². The molecule has 1 nitrogen and oxygen atoms in total. The molecule has 3 rings (SSSR count). The second kappa shape index (κ2) is 5.08. The molecule has 0 bridgehead atoms. The van der Waals surface area contributed by atoms with E-state index in [1.807, 2.05) is 0 Å². The number of benzene rings is 2. The number of fused-ring (bicyclic) bond motifs is 1. The van der Waals surface area contributed by atoms with Crippen LogP contribution in [0.3, 0.4) is 0 Å². The highest BCUT2D eigenvalue weighted by molar-refractivity contribution is 5.54. The van der Waals surface area contributed by atoms with E-state index in [-0.39, 0.29) is 0 Å². The number of nitrogens with one attached hydrogen (secondary N) is 1. The lowest BCUT2D eigenvalue weighted by molar-refractivity contribution is 0.828. The second-order valence-electron chi connectivity index (χ2n) is 5.69. The highest BCUT2D eigenvalue weighted by atomic mass is 14.9. The fourth-order valence-electron chi connectivity index (χ4n) is 3.04. The summed E-state index contributed by atoms with van der Waals surface area (Å²) in [6.07, 6.45) is 3.50. The summed E-state index contributed by atoms with van der Waals surface area (Å²) in [5.41, 5.74) is 8.36. The average molecular weight is 251 g/mol. The van der Waals surface area contributed by atoms with Gasteiger partial charge >= 0.3 is 0 Å². The molecule has 1 aliphatic heterocycles. The van der Waals surface area contributed by atoms with Gasteiger partial charge in [-0.2, -0.15) is 0 Å². The number of hydrogen-bond acceptors (Lipinski definition) is 1. The van der Waals surface area contributed by atoms with E-state index in [2.05, 4.69) is 55.6 Å². The van der Waals surface area contributed by atoms with Gasteiger partial charge in [0, 0.05) is 12.2 Å². The van der Waals surface area contributed by atoms with Gasteiger partial charge < -0.3 is 5.32 Å². The van der Waals surface area contributed by atoms with Gasteiger partial charge in [-0.05, 0) is 55.9 Å². The molecule has 1 N–H and O–H groups in total. The standard InChI is InChI=1S/C18H21N/c1-13-8-14(2)10-16(9-13)11-15-5-6-18-17(12-15)4-3-7-19-18/h5-6,8-10,12,19H,3-4,7,11H2,1-2H3. The summed E-state index contributed by atoms with van der Waals surface area (Å²) in [5, 5.41) is 3.47. The van der Waals surface area contributed by atoms with Crippen LogP contribution in [-0.2, 0) is 12.8 Å². The van der Waals surface area contributed by atoms with Crippen LogP contribution >= 0.6 is 0 Å². The summed E-state index contributed by atoms with van der Waals surface area (Å²) in [6, 6.07) is 13.7. The number of rotatable bonds is 2. The highest BCUT2D eigenvalue weighted by Gasteiger charge is 2.09. The van der Waals surface area contributed by atoms with Crippen molar-refractivity contribution in [1.82, 2.24) is 0 Å². The van der Waals surface area contributed by atoms with Gasteiger partial charge in [0.05, 0.1) is 0 Å². The zero-order chi connectivity index (χ0) is 13.2. The Morgan fingerprint density at radius 2 is 1.74 bits per heavy atom. The molecule has 0 fully saturated rings. The van der Waals surface area contributed by atoms with Crippen LogP contribution in [0.25, 0.3) is 0 Å². The SMILES string of the molecule is Cc1cc(C)cc(Cc2ccc3c(c2)CCCN3)c1. The Hall–Kier alpha value is -1.76. The van der Waals surface area contributed by atoms with Gasteiger partial charge in [0.2, 0.25) is 0 Å². The molecule has 0 saturated carbocycles. The van der Waals surface area contributed by atoms with Gasteiger partial charge in [-0.25, -0.2) is 0 Å². The summed E-state index contributed by atoms with van der Waals surface area (Å²) in [7, 11) is 0. The van der Waals surface area contributed by atoms with E-state index < -0.39 is 0 Å². The molecule has 0 saturated heterocycles. The maximum atomic E-state index is 3.47. The predicted octanol–water partition coefficient (Wildman–Crippen LogP) is 4.25. The lowest BCUT2D eigenvalue weighted by Crippen LogP contribution is -2.11. The van der Waals surface area contributed by atoms with Crippen molar-refractivity contribution in [3.8, 4) is 0 Å². The molecule has 0 radical (unpaired) electrons. The maximum absolute atomic E-state index is 3.47. The molecular formula is C18H21N. The molecule has 1 aliphatic rings. The Labute approximate surface area is 115 Å². The Kier molecular flexibility index (Phi) is 3.29. The highest BCUT2D eigenvalue weighted by Crippen LogP contribution is 2.24. The maximum Gasteiger partial charge on any atom is 0.0372 e. The van der Waals surface area contributed by atoms with Crippen LogP contribution in [0.2, 0.25) is 0 Å². The topological polar surface area (TPSA) is 12.0 Å². The van der Waals surface area contributed by atoms with Crippen molar-refractivity contribution in [2.75, 3.05) is 11.9 Å². The van der Waals surface area contributed by atoms with E-state index >= 15 is 0 Å². The molecule has 1 heteroatoms. The molecule has 0 aromatic heterocycles. The first kappa shape index (κ1) is 12.3. The smallest absolute Gasteiger partial charge is 0.0372 e. The summed E-state index contributed by atoms with van der Waals surface area (Å²) in [5.74, 6) is 0. The Morgan fingerprint density at radius 1 is 0.947 bits per heavy atom. The van der Waals surface area contributed by atoms with Crippen molar-refractivity contribution in [1.29, 1.82) is 0 Å². The number of anilines is 1. The average Bonchev–Trinajstić information content (AvgIpc) is 2.37. The molecule has 1 heterocycles. The minimum atomic E-state index is 1.04. The number of hydrogen-bond donors (Lipinski definition) is 1. The Balaban J connectivity index is 1.86. The summed E-state index contributed by atoms with van der Waals surface area (Å²) in [4.78, 5) is 0. The normalized spacial score (nSPS) is 13.8. The fourth-order valence-corrected chi connectivity index (χ4v) is 3.04. The molecule has 0 atom stereocenters. The zero-order valence-corrected chi connectivity index (χ0v) is 11.8. The van der Waals surface area contributed by atoms with Crippen molar-refractivity contribution in [3.05, 3.63) is 64.2 Å². The molecule has 0 unspecified atom stereocenters. The summed E-state index contributed by atoms with van der Waals surface area (Å²) < 4.78 is 0. The molecule has 2 aromatic rings. The van der Waals surface area contributed by atoms with E-state index in [1.54, 1.807) is 0 Å². The lowest BCUT2D eigenvalue weighted by Gasteiger charge is -2.18. The number of aryl methyl sites for hydroxylation is 3. The predicted molar refractivity (Wildman–Crippen MR) is 82.0 cm³/mol. The molecule has 2 aromatic carbocycles. The molecular weight excluding hydrogens is 230 g/mol. The van der Waals surface area contributed by atoms with Gasteiger partial charge in [0.25, 0.3) is 0 Å². The van der Waals surface area contributed by atoms with E-state index in [1.165, 1.54) is 46.3 Å². The van der Waals surface area contributed by atoms with Crippen molar-refractivity contribution < 1.29 is 0 Å². The van der Waals surface area contributed by atoms with Crippen LogP contribution in [0.4, 0.5) is 5.69 Å². The first-order valence-corrected chi connectivity index (χ1v) is 7.13. The molecule has 19 heavy (non-hydrogen) atoms. The summed E-state index contributed by atoms with van der Waals surface area (Å²) >= 11 is 0. The van der Waals surface area contributed by atoms with Crippen molar-refractivity contribution in [2.45, 2.75) is 33.1 Å². The van der Waals surface area contributed by atoms with Crippen LogP contribution in [0, 0.1) is 13.8 Å². The van der Waals surface area contributed by atoms with Crippen molar-refractivity contribution in [2.24, 2.45) is 0 Å². The quantitative estimate of drug-likeness (QED) is 0.841. The van der Waals surface area contributed by atoms with Crippen LogP contribution in [0.15, 0.2) is 36.4 Å². The van der Waals surface area contributed by atoms with Crippen molar-refractivity contribution in [3.63, 3.8) is 0 Å². The molecule has 0 aliphatic carbocycles. The van der Waals surface area contributed by atoms with Gasteiger partial charge in [-0.3, -0.25) is 0 Å². The fraction of sp³-hybridized carbons (Fsp3) is 0.333. The van der Waals surface area contributed by atoms with Crippen LogP contribution < -0.4 is 5.32 Å². The molecule has 0 amide bonds. The van der Waals surface area contributed by atoms with Crippen molar-refractivity contribution >= 4 is 5.69 Å². The largest absolute Gasteiger partial charge is 0.385 e. The second-order valence-corrected chi connectivity index (χ2v) is 5.69. The van der Waals surface area contributed by atoms with E-state index in [9.17, 15) is 0 Å². The van der Waals surface area contributed by atoms with Gasteiger partial charge in [-0.1, -0.05) is 41.5 Å². The monoisotopic (exact) mass is 251 g/mol. The third kappa shape index (κ3) is 2.81. The Morgan fingerprint density at radius 3 is 2.53 bits per heavy atom.